The molecule has 0 fully saturated rings. The van der Waals surface area contributed by atoms with Crippen molar-refractivity contribution >= 4 is 17.7 Å². The molecule has 66 valence electrons. The van der Waals surface area contributed by atoms with Gasteiger partial charge in [-0.2, -0.15) is 0 Å². The Balaban J connectivity index is 4.49. The lowest BCUT2D eigenvalue weighted by Crippen LogP contribution is -2.34. The third-order valence-electron chi connectivity index (χ3n) is 1.68. The van der Waals surface area contributed by atoms with Gasteiger partial charge in [-0.25, -0.2) is 0 Å². The van der Waals surface area contributed by atoms with Crippen LogP contribution >= 0.6 is 12.6 Å². The summed E-state index contributed by atoms with van der Waals surface area (Å²) in [7, 11) is 0. The monoisotopic (exact) mass is 176 g/mol. The molecule has 0 amide bonds. The summed E-state index contributed by atoms with van der Waals surface area (Å²) in [6, 6.07) is 0. The Morgan fingerprint density at radius 1 is 1.45 bits per heavy atom. The molecule has 0 aliphatic carbocycles. The van der Waals surface area contributed by atoms with Crippen LogP contribution in [-0.2, 0) is 4.79 Å². The summed E-state index contributed by atoms with van der Waals surface area (Å²) in [5.41, 5.74) is -0.215. The van der Waals surface area contributed by atoms with Crippen LogP contribution in [0.3, 0.4) is 0 Å². The van der Waals surface area contributed by atoms with Gasteiger partial charge in [-0.1, -0.05) is 20.8 Å². The first kappa shape index (κ1) is 11.0. The summed E-state index contributed by atoms with van der Waals surface area (Å²) in [6.07, 6.45) is -0.625. The predicted molar refractivity (Wildman–Crippen MR) is 48.6 cm³/mol. The van der Waals surface area contributed by atoms with Gasteiger partial charge in [-0.3, -0.25) is 4.79 Å². The molecule has 3 heteroatoms. The van der Waals surface area contributed by atoms with Gasteiger partial charge in [0.2, 0.25) is 0 Å². The fourth-order valence-electron chi connectivity index (χ4n) is 1.30. The fraction of sp³-hybridized carbons (Fsp3) is 0.875. The number of aliphatic hydroxyl groups excluding tert-OH is 1. The summed E-state index contributed by atoms with van der Waals surface area (Å²) in [4.78, 5) is 10.9. The zero-order valence-electron chi connectivity index (χ0n) is 7.46. The van der Waals surface area contributed by atoms with Crippen molar-refractivity contribution in [2.75, 3.05) is 0 Å². The maximum Gasteiger partial charge on any atom is 0.192 e. The molecule has 11 heavy (non-hydrogen) atoms. The van der Waals surface area contributed by atoms with E-state index in [1.165, 1.54) is 0 Å². The molecule has 0 aliphatic rings. The molecule has 0 aliphatic heterocycles. The van der Waals surface area contributed by atoms with E-state index in [4.69, 9.17) is 0 Å². The van der Waals surface area contributed by atoms with Crippen LogP contribution in [0.15, 0.2) is 0 Å². The molecule has 2 atom stereocenters. The summed E-state index contributed by atoms with van der Waals surface area (Å²) in [6.45, 7) is 7.36. The molecule has 0 aromatic carbocycles. The number of hydrogen-bond acceptors (Lipinski definition) is 2. The van der Waals surface area contributed by atoms with Gasteiger partial charge in [0.15, 0.2) is 5.12 Å². The van der Waals surface area contributed by atoms with Crippen molar-refractivity contribution < 1.29 is 9.90 Å². The van der Waals surface area contributed by atoms with Crippen LogP contribution in [0.25, 0.3) is 0 Å². The number of hydrogen-bond donors (Lipinski definition) is 2. The van der Waals surface area contributed by atoms with Crippen molar-refractivity contribution in [3.63, 3.8) is 0 Å². The Bertz CT molecular complexity index is 147. The second-order valence-corrected chi connectivity index (χ2v) is 4.36. The van der Waals surface area contributed by atoms with Gasteiger partial charge in [0.1, 0.15) is 0 Å². The lowest BCUT2D eigenvalue weighted by atomic mass is 9.78. The number of aliphatic hydroxyl groups is 1. The van der Waals surface area contributed by atoms with E-state index in [1.807, 2.05) is 20.8 Å². The molecule has 0 saturated heterocycles. The van der Waals surface area contributed by atoms with Crippen molar-refractivity contribution in [3.8, 4) is 0 Å². The quantitative estimate of drug-likeness (QED) is 0.625. The molecule has 0 heterocycles. The van der Waals surface area contributed by atoms with E-state index in [9.17, 15) is 9.90 Å². The minimum Gasteiger partial charge on any atom is -0.393 e. The normalized spacial score (nSPS) is 17.6. The molecular formula is C8H16O2S. The topological polar surface area (TPSA) is 37.3 Å². The van der Waals surface area contributed by atoms with Gasteiger partial charge >= 0.3 is 0 Å². The van der Waals surface area contributed by atoms with Crippen molar-refractivity contribution in [2.45, 2.75) is 33.8 Å². The van der Waals surface area contributed by atoms with E-state index in [2.05, 4.69) is 12.6 Å². The first-order chi connectivity index (χ1) is 4.76. The van der Waals surface area contributed by atoms with E-state index in [0.717, 1.165) is 0 Å². The van der Waals surface area contributed by atoms with E-state index in [0.29, 0.717) is 0 Å². The van der Waals surface area contributed by atoms with E-state index < -0.39 is 6.10 Å². The highest BCUT2D eigenvalue weighted by molar-refractivity contribution is 7.96. The standard InChI is InChI=1S/C8H16O2S/c1-5(9)6(7(10)11)8(2,3)4/h5-6,9H,1-4H3,(H,10,11). The second-order valence-electron chi connectivity index (χ2n) is 3.92. The molecular weight excluding hydrogens is 160 g/mol. The van der Waals surface area contributed by atoms with Gasteiger partial charge in [0.05, 0.1) is 12.0 Å². The average Bonchev–Trinajstić information content (AvgIpc) is 1.54. The number of carbonyl (C=O) groups excluding carboxylic acids is 1. The largest absolute Gasteiger partial charge is 0.393 e. The van der Waals surface area contributed by atoms with Crippen LogP contribution < -0.4 is 0 Å². The molecule has 0 aromatic rings. The Morgan fingerprint density at radius 2 is 1.82 bits per heavy atom. The summed E-state index contributed by atoms with van der Waals surface area (Å²) >= 11 is 3.73. The smallest absolute Gasteiger partial charge is 0.192 e. The molecule has 0 spiro atoms. The van der Waals surface area contributed by atoms with E-state index in [1.54, 1.807) is 6.92 Å². The van der Waals surface area contributed by atoms with E-state index in [-0.39, 0.29) is 16.4 Å². The minimum absolute atomic E-state index is 0.215. The third kappa shape index (κ3) is 3.25. The van der Waals surface area contributed by atoms with Crippen LogP contribution in [0, 0.1) is 11.3 Å². The molecule has 1 N–H and O–H groups in total. The fourth-order valence-corrected chi connectivity index (χ4v) is 1.90. The molecule has 2 unspecified atom stereocenters. The lowest BCUT2D eigenvalue weighted by molar-refractivity contribution is -0.121. The number of thiol groups is 1. The zero-order chi connectivity index (χ0) is 9.23. The van der Waals surface area contributed by atoms with Crippen LogP contribution in [-0.4, -0.2) is 16.3 Å². The summed E-state index contributed by atoms with van der Waals surface area (Å²) < 4.78 is 0. The Kier molecular flexibility index (Phi) is 3.58. The Hall–Kier alpha value is -0.0200. The van der Waals surface area contributed by atoms with Crippen LogP contribution in [0.2, 0.25) is 0 Å². The van der Waals surface area contributed by atoms with Crippen molar-refractivity contribution in [1.82, 2.24) is 0 Å². The second kappa shape index (κ2) is 3.59. The maximum atomic E-state index is 10.9. The zero-order valence-corrected chi connectivity index (χ0v) is 8.35. The first-order valence-electron chi connectivity index (χ1n) is 3.67. The van der Waals surface area contributed by atoms with Gasteiger partial charge in [-0.15, -0.1) is 12.6 Å². The highest BCUT2D eigenvalue weighted by Gasteiger charge is 2.32. The first-order valence-corrected chi connectivity index (χ1v) is 4.12. The molecule has 0 rings (SSSR count). The van der Waals surface area contributed by atoms with Crippen molar-refractivity contribution in [2.24, 2.45) is 11.3 Å². The van der Waals surface area contributed by atoms with Crippen LogP contribution in [0.1, 0.15) is 27.7 Å². The number of rotatable bonds is 2. The summed E-state index contributed by atoms with van der Waals surface area (Å²) in [5, 5.41) is 9.01. The molecule has 0 saturated carbocycles. The average molecular weight is 176 g/mol. The Morgan fingerprint density at radius 3 is 1.82 bits per heavy atom. The highest BCUT2D eigenvalue weighted by Crippen LogP contribution is 2.30. The van der Waals surface area contributed by atoms with Gasteiger partial charge in [0, 0.05) is 0 Å². The summed E-state index contributed by atoms with van der Waals surface area (Å²) in [5.74, 6) is -0.383. The van der Waals surface area contributed by atoms with Crippen LogP contribution in [0.5, 0.6) is 0 Å². The van der Waals surface area contributed by atoms with Gasteiger partial charge in [0.25, 0.3) is 0 Å². The molecule has 2 nitrogen and oxygen atoms in total. The van der Waals surface area contributed by atoms with Crippen molar-refractivity contribution in [3.05, 3.63) is 0 Å². The lowest BCUT2D eigenvalue weighted by Gasteiger charge is -2.29. The SMILES string of the molecule is CC(O)C(C(=O)S)C(C)(C)C. The number of carbonyl (C=O) groups is 1. The van der Waals surface area contributed by atoms with Gasteiger partial charge < -0.3 is 5.11 Å². The van der Waals surface area contributed by atoms with Crippen LogP contribution in [0.4, 0.5) is 0 Å². The molecule has 0 bridgehead atoms. The minimum atomic E-state index is -0.625. The van der Waals surface area contributed by atoms with Gasteiger partial charge in [-0.05, 0) is 12.3 Å². The van der Waals surface area contributed by atoms with E-state index >= 15 is 0 Å². The maximum absolute atomic E-state index is 10.9. The van der Waals surface area contributed by atoms with Crippen molar-refractivity contribution in [1.29, 1.82) is 0 Å². The third-order valence-corrected chi connectivity index (χ3v) is 1.96. The highest BCUT2D eigenvalue weighted by atomic mass is 32.1. The molecule has 0 aromatic heterocycles. The molecule has 0 radical (unpaired) electrons. The predicted octanol–water partition coefficient (Wildman–Crippen LogP) is 1.49. The Labute approximate surface area is 73.4 Å².